The van der Waals surface area contributed by atoms with Crippen molar-refractivity contribution in [1.29, 1.82) is 0 Å². The van der Waals surface area contributed by atoms with Crippen LogP contribution >= 0.6 is 15.9 Å². The smallest absolute Gasteiger partial charge is 0.494 e. The minimum atomic E-state index is -0.340. The molecule has 1 heterocycles. The molecular formula is C42H54BBrO4. The molecule has 0 amide bonds. The van der Waals surface area contributed by atoms with Gasteiger partial charge in [0.1, 0.15) is 11.5 Å². The van der Waals surface area contributed by atoms with E-state index in [0.29, 0.717) is 11.5 Å². The number of halogens is 1. The van der Waals surface area contributed by atoms with Crippen LogP contribution in [0.15, 0.2) is 89.4 Å². The normalized spacial score (nSPS) is 15.6. The van der Waals surface area contributed by atoms with Crippen molar-refractivity contribution in [3.05, 3.63) is 123 Å². The number of benzene rings is 4. The lowest BCUT2D eigenvalue weighted by Crippen LogP contribution is -2.41. The van der Waals surface area contributed by atoms with Gasteiger partial charge in [0, 0.05) is 15.3 Å². The SMILES string of the molecule is CCC(CC)(c1ccc(B2OC(C)(C)C(C)(C)O2)cc1)c1ccc(O)c(C)c1.CCC(CC)(c1ccc(Br)cc1)c1ccc(O)c(C)c1. The molecule has 0 aliphatic carbocycles. The molecule has 6 heteroatoms. The van der Waals surface area contributed by atoms with Gasteiger partial charge in [-0.05, 0) is 130 Å². The van der Waals surface area contributed by atoms with E-state index >= 15 is 0 Å². The van der Waals surface area contributed by atoms with E-state index in [2.05, 4.69) is 144 Å². The first-order chi connectivity index (χ1) is 22.6. The van der Waals surface area contributed by atoms with Crippen LogP contribution < -0.4 is 5.46 Å². The fraction of sp³-hybridized carbons (Fsp3) is 0.429. The number of aryl methyl sites for hydroxylation is 2. The molecule has 4 aromatic rings. The molecule has 2 N–H and O–H groups in total. The fourth-order valence-corrected chi connectivity index (χ4v) is 7.34. The minimum absolute atomic E-state index is 0.0131. The fourth-order valence-electron chi connectivity index (χ4n) is 7.08. The minimum Gasteiger partial charge on any atom is -0.508 e. The highest BCUT2D eigenvalue weighted by Gasteiger charge is 2.51. The van der Waals surface area contributed by atoms with Crippen molar-refractivity contribution in [3.8, 4) is 11.5 Å². The van der Waals surface area contributed by atoms with Gasteiger partial charge in [0.05, 0.1) is 11.2 Å². The Kier molecular flexibility index (Phi) is 11.7. The molecule has 0 bridgehead atoms. The molecule has 1 fully saturated rings. The predicted molar refractivity (Wildman–Crippen MR) is 205 cm³/mol. The zero-order valence-corrected chi connectivity index (χ0v) is 32.2. The zero-order chi connectivity index (χ0) is 35.5. The molecule has 1 aliphatic rings. The Labute approximate surface area is 298 Å². The summed E-state index contributed by atoms with van der Waals surface area (Å²) < 4.78 is 13.5. The molecule has 1 aliphatic heterocycles. The molecule has 4 aromatic carbocycles. The van der Waals surface area contributed by atoms with Gasteiger partial charge >= 0.3 is 7.12 Å². The first-order valence-electron chi connectivity index (χ1n) is 17.4. The number of hydrogen-bond donors (Lipinski definition) is 2. The van der Waals surface area contributed by atoms with Gasteiger partial charge in [-0.2, -0.15) is 0 Å². The van der Waals surface area contributed by atoms with E-state index < -0.39 is 0 Å². The third-order valence-electron chi connectivity index (χ3n) is 11.3. The predicted octanol–water partition coefficient (Wildman–Crippen LogP) is 10.7. The summed E-state index contributed by atoms with van der Waals surface area (Å²) in [5.41, 5.74) is 7.29. The number of phenols is 2. The lowest BCUT2D eigenvalue weighted by Gasteiger charge is -2.34. The van der Waals surface area contributed by atoms with Gasteiger partial charge in [0.15, 0.2) is 0 Å². The van der Waals surface area contributed by atoms with Crippen LogP contribution in [0.3, 0.4) is 0 Å². The van der Waals surface area contributed by atoms with Crippen LogP contribution in [0.2, 0.25) is 0 Å². The highest BCUT2D eigenvalue weighted by Crippen LogP contribution is 2.42. The van der Waals surface area contributed by atoms with Gasteiger partial charge in [-0.3, -0.25) is 0 Å². The van der Waals surface area contributed by atoms with Gasteiger partial charge in [-0.15, -0.1) is 0 Å². The van der Waals surface area contributed by atoms with Crippen LogP contribution in [0.1, 0.15) is 114 Å². The standard InChI is InChI=1S/C24H33BO3.C18H21BrO/c1-8-24(9-2,19-12-15-21(26)17(3)16-19)18-10-13-20(14-11-18)25-27-22(4,5)23(6,7)28-25;1-4-18(5-2,14-6-9-16(19)10-7-14)15-8-11-17(20)13(3)12-15/h10-16,26H,8-9H2,1-7H3;6-12,20H,4-5H2,1-3H3. The summed E-state index contributed by atoms with van der Waals surface area (Å²) in [6.45, 7) is 21.1. The van der Waals surface area contributed by atoms with Gasteiger partial charge in [-0.1, -0.05) is 104 Å². The van der Waals surface area contributed by atoms with E-state index in [-0.39, 0.29) is 29.2 Å². The average Bonchev–Trinajstić information content (AvgIpc) is 3.29. The van der Waals surface area contributed by atoms with E-state index in [1.807, 2.05) is 26.0 Å². The van der Waals surface area contributed by atoms with E-state index in [1.165, 1.54) is 22.3 Å². The molecular weight excluding hydrogens is 659 g/mol. The summed E-state index contributed by atoms with van der Waals surface area (Å²) in [5, 5.41) is 19.7. The second-order valence-electron chi connectivity index (χ2n) is 14.3. The largest absolute Gasteiger partial charge is 0.508 e. The van der Waals surface area contributed by atoms with Crippen molar-refractivity contribution in [2.24, 2.45) is 0 Å². The molecule has 256 valence electrons. The molecule has 4 nitrogen and oxygen atoms in total. The van der Waals surface area contributed by atoms with E-state index in [0.717, 1.165) is 46.7 Å². The summed E-state index contributed by atoms with van der Waals surface area (Å²) >= 11 is 3.50. The molecule has 1 saturated heterocycles. The maximum Gasteiger partial charge on any atom is 0.494 e. The van der Waals surface area contributed by atoms with Crippen LogP contribution in [0.4, 0.5) is 0 Å². The van der Waals surface area contributed by atoms with Crippen LogP contribution in [-0.4, -0.2) is 28.5 Å². The summed E-state index contributed by atoms with van der Waals surface area (Å²) in [6.07, 6.45) is 4.05. The van der Waals surface area contributed by atoms with E-state index in [4.69, 9.17) is 9.31 Å². The topological polar surface area (TPSA) is 58.9 Å². The van der Waals surface area contributed by atoms with E-state index in [9.17, 15) is 10.2 Å². The van der Waals surface area contributed by atoms with Crippen molar-refractivity contribution in [2.45, 2.75) is 117 Å². The van der Waals surface area contributed by atoms with Crippen molar-refractivity contribution in [1.82, 2.24) is 0 Å². The second-order valence-corrected chi connectivity index (χ2v) is 15.2. The quantitative estimate of drug-likeness (QED) is 0.170. The summed E-state index contributed by atoms with van der Waals surface area (Å²) in [6, 6.07) is 29.2. The maximum absolute atomic E-state index is 9.94. The Morgan fingerprint density at radius 3 is 1.23 bits per heavy atom. The zero-order valence-electron chi connectivity index (χ0n) is 30.6. The Morgan fingerprint density at radius 1 is 0.562 bits per heavy atom. The molecule has 0 radical (unpaired) electrons. The van der Waals surface area contributed by atoms with E-state index in [1.54, 1.807) is 0 Å². The maximum atomic E-state index is 9.94. The van der Waals surface area contributed by atoms with Crippen LogP contribution in [0.5, 0.6) is 11.5 Å². The highest BCUT2D eigenvalue weighted by atomic mass is 79.9. The van der Waals surface area contributed by atoms with Gasteiger partial charge in [-0.25, -0.2) is 0 Å². The van der Waals surface area contributed by atoms with Crippen LogP contribution in [0.25, 0.3) is 0 Å². The third-order valence-corrected chi connectivity index (χ3v) is 11.8. The lowest BCUT2D eigenvalue weighted by atomic mass is 9.69. The average molecular weight is 714 g/mol. The number of rotatable bonds is 9. The molecule has 0 spiro atoms. The summed E-state index contributed by atoms with van der Waals surface area (Å²) in [4.78, 5) is 0. The van der Waals surface area contributed by atoms with Crippen molar-refractivity contribution in [3.63, 3.8) is 0 Å². The number of phenolic OH excluding ortho intramolecular Hbond substituents is 2. The number of hydrogen-bond acceptors (Lipinski definition) is 4. The second kappa shape index (κ2) is 14.8. The molecule has 0 saturated carbocycles. The molecule has 0 unspecified atom stereocenters. The first-order valence-corrected chi connectivity index (χ1v) is 18.2. The van der Waals surface area contributed by atoms with Crippen LogP contribution in [-0.2, 0) is 20.1 Å². The molecule has 0 atom stereocenters. The lowest BCUT2D eigenvalue weighted by molar-refractivity contribution is 0.00578. The first kappa shape index (κ1) is 37.8. The summed E-state index contributed by atoms with van der Waals surface area (Å²) in [7, 11) is -0.340. The molecule has 48 heavy (non-hydrogen) atoms. The van der Waals surface area contributed by atoms with Crippen molar-refractivity contribution < 1.29 is 19.5 Å². The van der Waals surface area contributed by atoms with Gasteiger partial charge in [0.2, 0.25) is 0 Å². The third kappa shape index (κ3) is 7.27. The highest BCUT2D eigenvalue weighted by molar-refractivity contribution is 9.10. The Hall–Kier alpha value is -3.06. The monoisotopic (exact) mass is 712 g/mol. The van der Waals surface area contributed by atoms with Gasteiger partial charge in [0.25, 0.3) is 0 Å². The Balaban J connectivity index is 0.000000229. The van der Waals surface area contributed by atoms with Gasteiger partial charge < -0.3 is 19.5 Å². The Bertz CT molecular complexity index is 1650. The van der Waals surface area contributed by atoms with Crippen molar-refractivity contribution in [2.75, 3.05) is 0 Å². The number of aromatic hydroxyl groups is 2. The van der Waals surface area contributed by atoms with Crippen molar-refractivity contribution >= 4 is 28.5 Å². The molecule has 0 aromatic heterocycles. The Morgan fingerprint density at radius 2 is 0.896 bits per heavy atom. The summed E-state index contributed by atoms with van der Waals surface area (Å²) in [5.74, 6) is 0.714. The van der Waals surface area contributed by atoms with Crippen LogP contribution in [0, 0.1) is 13.8 Å². The molecule has 5 rings (SSSR count).